The van der Waals surface area contributed by atoms with E-state index in [1.165, 1.54) is 0 Å². The predicted octanol–water partition coefficient (Wildman–Crippen LogP) is 5.37. The van der Waals surface area contributed by atoms with Crippen LogP contribution in [-0.4, -0.2) is 27.5 Å². The maximum absolute atomic E-state index is 12.5. The summed E-state index contributed by atoms with van der Waals surface area (Å²) in [4.78, 5) is 25.5. The fraction of sp³-hybridized carbons (Fsp3) is 0.0833. The quantitative estimate of drug-likeness (QED) is 0.362. The first-order valence-electron chi connectivity index (χ1n) is 9.87. The van der Waals surface area contributed by atoms with Crippen LogP contribution in [0.25, 0.3) is 11.3 Å². The van der Waals surface area contributed by atoms with Gasteiger partial charge in [0.25, 0.3) is 5.91 Å². The van der Waals surface area contributed by atoms with Crippen molar-refractivity contribution in [3.63, 3.8) is 0 Å². The Balaban J connectivity index is 1.49. The third kappa shape index (κ3) is 5.47. The average Bonchev–Trinajstić information content (AvgIpc) is 2.81. The number of carbonyl (C=O) groups excluding carboxylic acids is 1. The van der Waals surface area contributed by atoms with E-state index >= 15 is 0 Å². The zero-order valence-electron chi connectivity index (χ0n) is 17.2. The lowest BCUT2D eigenvalue weighted by Gasteiger charge is -2.14. The monoisotopic (exact) mass is 489 g/mol. The van der Waals surface area contributed by atoms with Gasteiger partial charge in [-0.05, 0) is 70.9 Å². The zero-order valence-corrected chi connectivity index (χ0v) is 18.8. The SMILES string of the molecule is Cc1ccc(NC(=O)COc2ccccc2Br)c(Nc2nccc(-c3cccnc3)n2)c1. The number of anilines is 3. The third-order valence-corrected chi connectivity index (χ3v) is 5.16. The normalized spacial score (nSPS) is 10.4. The van der Waals surface area contributed by atoms with Crippen molar-refractivity contribution in [2.24, 2.45) is 0 Å². The highest BCUT2D eigenvalue weighted by molar-refractivity contribution is 9.10. The number of hydrogen-bond donors (Lipinski definition) is 2. The van der Waals surface area contributed by atoms with E-state index in [0.29, 0.717) is 23.1 Å². The van der Waals surface area contributed by atoms with Crippen LogP contribution in [0.3, 0.4) is 0 Å². The van der Waals surface area contributed by atoms with E-state index in [1.807, 2.05) is 61.5 Å². The molecule has 0 saturated carbocycles. The van der Waals surface area contributed by atoms with Gasteiger partial charge < -0.3 is 15.4 Å². The van der Waals surface area contributed by atoms with Crippen LogP contribution in [0.15, 0.2) is 83.7 Å². The van der Waals surface area contributed by atoms with Crippen LogP contribution < -0.4 is 15.4 Å². The van der Waals surface area contributed by atoms with E-state index < -0.39 is 0 Å². The van der Waals surface area contributed by atoms with E-state index in [0.717, 1.165) is 21.3 Å². The smallest absolute Gasteiger partial charge is 0.262 e. The topological polar surface area (TPSA) is 89.0 Å². The first kappa shape index (κ1) is 21.5. The van der Waals surface area contributed by atoms with Gasteiger partial charge in [-0.2, -0.15) is 0 Å². The Labute approximate surface area is 194 Å². The molecule has 0 saturated heterocycles. The molecule has 0 spiro atoms. The third-order valence-electron chi connectivity index (χ3n) is 4.50. The fourth-order valence-corrected chi connectivity index (χ4v) is 3.38. The van der Waals surface area contributed by atoms with Crippen LogP contribution in [0.5, 0.6) is 5.75 Å². The summed E-state index contributed by atoms with van der Waals surface area (Å²) in [5.41, 5.74) is 3.95. The first-order chi connectivity index (χ1) is 15.6. The lowest BCUT2D eigenvalue weighted by Crippen LogP contribution is -2.21. The Morgan fingerprint density at radius 3 is 2.72 bits per heavy atom. The summed E-state index contributed by atoms with van der Waals surface area (Å²) < 4.78 is 6.40. The molecule has 32 heavy (non-hydrogen) atoms. The number of nitrogens with one attached hydrogen (secondary N) is 2. The summed E-state index contributed by atoms with van der Waals surface area (Å²) in [6, 6.07) is 18.7. The summed E-state index contributed by atoms with van der Waals surface area (Å²) in [5, 5.41) is 6.09. The van der Waals surface area contributed by atoms with Crippen molar-refractivity contribution in [1.82, 2.24) is 15.0 Å². The molecule has 0 aliphatic rings. The minimum Gasteiger partial charge on any atom is -0.483 e. The summed E-state index contributed by atoms with van der Waals surface area (Å²) in [5.74, 6) is 0.736. The summed E-state index contributed by atoms with van der Waals surface area (Å²) in [6.07, 6.45) is 5.14. The van der Waals surface area contributed by atoms with Gasteiger partial charge in [-0.3, -0.25) is 9.78 Å². The molecular formula is C24H20BrN5O2. The van der Waals surface area contributed by atoms with Gasteiger partial charge in [0.15, 0.2) is 6.61 Å². The second-order valence-electron chi connectivity index (χ2n) is 6.95. The van der Waals surface area contributed by atoms with E-state index in [9.17, 15) is 4.79 Å². The number of carbonyl (C=O) groups is 1. The van der Waals surface area contributed by atoms with Crippen LogP contribution >= 0.6 is 15.9 Å². The van der Waals surface area contributed by atoms with E-state index in [-0.39, 0.29) is 12.5 Å². The molecule has 0 fully saturated rings. The van der Waals surface area contributed by atoms with Crippen molar-refractivity contribution in [3.8, 4) is 17.0 Å². The Hall–Kier alpha value is -3.78. The molecule has 2 N–H and O–H groups in total. The number of halogens is 1. The predicted molar refractivity (Wildman–Crippen MR) is 128 cm³/mol. The minimum absolute atomic E-state index is 0.122. The second-order valence-corrected chi connectivity index (χ2v) is 7.80. The largest absolute Gasteiger partial charge is 0.483 e. The highest BCUT2D eigenvalue weighted by Gasteiger charge is 2.11. The summed E-state index contributed by atoms with van der Waals surface area (Å²) >= 11 is 3.41. The van der Waals surface area contributed by atoms with Crippen LogP contribution in [0.4, 0.5) is 17.3 Å². The van der Waals surface area contributed by atoms with Gasteiger partial charge in [-0.15, -0.1) is 0 Å². The number of pyridine rings is 1. The molecule has 0 aliphatic heterocycles. The molecule has 4 rings (SSSR count). The van der Waals surface area contributed by atoms with Crippen LogP contribution in [0, 0.1) is 6.92 Å². The number of aromatic nitrogens is 3. The number of hydrogen-bond acceptors (Lipinski definition) is 6. The zero-order chi connectivity index (χ0) is 22.3. The van der Waals surface area contributed by atoms with Gasteiger partial charge in [-0.1, -0.05) is 18.2 Å². The first-order valence-corrected chi connectivity index (χ1v) is 10.7. The number of nitrogens with zero attached hydrogens (tertiary/aromatic N) is 3. The standard InChI is InChI=1S/C24H20BrN5O2/c1-16-8-9-20(28-23(31)15-32-22-7-3-2-6-18(22)25)21(13-16)30-24-27-12-10-19(29-24)17-5-4-11-26-14-17/h2-14H,15H2,1H3,(H,28,31)(H,27,29,30). The summed E-state index contributed by atoms with van der Waals surface area (Å²) in [7, 11) is 0. The number of ether oxygens (including phenoxy) is 1. The molecule has 8 heteroatoms. The van der Waals surface area contributed by atoms with Crippen molar-refractivity contribution in [3.05, 3.63) is 89.3 Å². The van der Waals surface area contributed by atoms with Gasteiger partial charge in [0, 0.05) is 24.2 Å². The van der Waals surface area contributed by atoms with Crippen LogP contribution in [0.2, 0.25) is 0 Å². The number of aryl methyl sites for hydroxylation is 1. The van der Waals surface area contributed by atoms with Crippen molar-refractivity contribution in [2.45, 2.75) is 6.92 Å². The number of para-hydroxylation sites is 1. The van der Waals surface area contributed by atoms with E-state index in [4.69, 9.17) is 4.74 Å². The Morgan fingerprint density at radius 1 is 1.03 bits per heavy atom. The molecule has 4 aromatic rings. The lowest BCUT2D eigenvalue weighted by molar-refractivity contribution is -0.118. The molecule has 0 aliphatic carbocycles. The highest BCUT2D eigenvalue weighted by atomic mass is 79.9. The second kappa shape index (κ2) is 10.0. The van der Waals surface area contributed by atoms with Gasteiger partial charge in [-0.25, -0.2) is 9.97 Å². The molecule has 7 nitrogen and oxygen atoms in total. The lowest BCUT2D eigenvalue weighted by atomic mass is 10.2. The van der Waals surface area contributed by atoms with Crippen molar-refractivity contribution in [1.29, 1.82) is 0 Å². The average molecular weight is 490 g/mol. The Kier molecular flexibility index (Phi) is 6.72. The molecule has 160 valence electrons. The van der Waals surface area contributed by atoms with Crippen LogP contribution in [0.1, 0.15) is 5.56 Å². The number of benzene rings is 2. The van der Waals surface area contributed by atoms with Gasteiger partial charge in [0.1, 0.15) is 5.75 Å². The number of rotatable bonds is 7. The molecular weight excluding hydrogens is 470 g/mol. The Bertz CT molecular complexity index is 1230. The number of amides is 1. The van der Waals surface area contributed by atoms with Crippen molar-refractivity contribution in [2.75, 3.05) is 17.2 Å². The van der Waals surface area contributed by atoms with Gasteiger partial charge in [0.05, 0.1) is 21.5 Å². The van der Waals surface area contributed by atoms with Gasteiger partial charge >= 0.3 is 0 Å². The highest BCUT2D eigenvalue weighted by Crippen LogP contribution is 2.27. The van der Waals surface area contributed by atoms with Gasteiger partial charge in [0.2, 0.25) is 5.95 Å². The van der Waals surface area contributed by atoms with Crippen molar-refractivity contribution >= 4 is 39.2 Å². The summed E-state index contributed by atoms with van der Waals surface area (Å²) in [6.45, 7) is 1.85. The molecule has 1 amide bonds. The molecule has 0 unspecified atom stereocenters. The maximum Gasteiger partial charge on any atom is 0.262 e. The molecule has 0 bridgehead atoms. The molecule has 2 heterocycles. The van der Waals surface area contributed by atoms with E-state index in [1.54, 1.807) is 24.7 Å². The maximum atomic E-state index is 12.5. The van der Waals surface area contributed by atoms with Crippen molar-refractivity contribution < 1.29 is 9.53 Å². The molecule has 2 aromatic carbocycles. The minimum atomic E-state index is -0.280. The molecule has 0 atom stereocenters. The fourth-order valence-electron chi connectivity index (χ4n) is 2.98. The molecule has 0 radical (unpaired) electrons. The Morgan fingerprint density at radius 2 is 1.91 bits per heavy atom. The van der Waals surface area contributed by atoms with E-state index in [2.05, 4.69) is 41.5 Å². The van der Waals surface area contributed by atoms with Crippen LogP contribution in [-0.2, 0) is 4.79 Å². The molecule has 2 aromatic heterocycles.